The molecule has 4 aromatic rings. The molecule has 1 unspecified atom stereocenters. The molecule has 0 saturated carbocycles. The number of nitrogens with zero attached hydrogens (tertiary/aromatic N) is 3. The van der Waals surface area contributed by atoms with Crippen molar-refractivity contribution in [3.8, 4) is 11.4 Å². The van der Waals surface area contributed by atoms with Gasteiger partial charge >= 0.3 is 0 Å². The van der Waals surface area contributed by atoms with Crippen LogP contribution in [0.4, 0.5) is 5.69 Å². The lowest BCUT2D eigenvalue weighted by Gasteiger charge is -2.16. The quantitative estimate of drug-likeness (QED) is 0.371. The van der Waals surface area contributed by atoms with Gasteiger partial charge in [0, 0.05) is 11.3 Å². The number of carbonyl (C=O) groups is 1. The first kappa shape index (κ1) is 21.8. The molecule has 4 rings (SSSR count). The molecule has 1 heterocycles. The van der Waals surface area contributed by atoms with E-state index >= 15 is 0 Å². The molecule has 1 N–H and O–H groups in total. The Bertz CT molecular complexity index is 1180. The summed E-state index contributed by atoms with van der Waals surface area (Å²) in [7, 11) is 0. The van der Waals surface area contributed by atoms with E-state index in [9.17, 15) is 4.79 Å². The molecule has 5 nitrogen and oxygen atoms in total. The number of hydrogen-bond acceptors (Lipinski definition) is 4. The Morgan fingerprint density at radius 2 is 1.53 bits per heavy atom. The topological polar surface area (TPSA) is 59.8 Å². The van der Waals surface area contributed by atoms with Gasteiger partial charge in [0.2, 0.25) is 5.91 Å². The average Bonchev–Trinajstić information content (AvgIpc) is 3.19. The predicted octanol–water partition coefficient (Wildman–Crippen LogP) is 5.73. The zero-order valence-corrected chi connectivity index (χ0v) is 19.3. The number of para-hydroxylation sites is 1. The van der Waals surface area contributed by atoms with Crippen molar-refractivity contribution in [2.45, 2.75) is 37.7 Å². The van der Waals surface area contributed by atoms with Crippen molar-refractivity contribution >= 4 is 23.4 Å². The normalized spacial score (nSPS) is 11.8. The SMILES string of the molecule is Cc1cccc(C)c1NC(=O)C(C)Sc1nnc(-c2ccccc2)n1Cc1ccccc1. The van der Waals surface area contributed by atoms with Crippen molar-refractivity contribution < 1.29 is 4.79 Å². The summed E-state index contributed by atoms with van der Waals surface area (Å²) in [5.41, 5.74) is 5.12. The highest BCUT2D eigenvalue weighted by atomic mass is 32.2. The number of aryl methyl sites for hydroxylation is 2. The van der Waals surface area contributed by atoms with E-state index in [1.165, 1.54) is 11.8 Å². The summed E-state index contributed by atoms with van der Waals surface area (Å²) in [6.45, 7) is 6.54. The number of rotatable bonds is 7. The third-order valence-electron chi connectivity index (χ3n) is 5.31. The number of benzene rings is 3. The van der Waals surface area contributed by atoms with Gasteiger partial charge in [-0.1, -0.05) is 90.6 Å². The van der Waals surface area contributed by atoms with Crippen LogP contribution < -0.4 is 5.32 Å². The third-order valence-corrected chi connectivity index (χ3v) is 6.39. The molecule has 0 fully saturated rings. The molecule has 3 aromatic carbocycles. The number of aromatic nitrogens is 3. The van der Waals surface area contributed by atoms with Gasteiger partial charge in [0.25, 0.3) is 0 Å². The van der Waals surface area contributed by atoms with Crippen molar-refractivity contribution in [3.63, 3.8) is 0 Å². The largest absolute Gasteiger partial charge is 0.325 e. The summed E-state index contributed by atoms with van der Waals surface area (Å²) < 4.78 is 2.08. The molecule has 0 radical (unpaired) electrons. The van der Waals surface area contributed by atoms with Gasteiger partial charge in [-0.15, -0.1) is 10.2 Å². The van der Waals surface area contributed by atoms with E-state index in [0.717, 1.165) is 38.9 Å². The van der Waals surface area contributed by atoms with Crippen LogP contribution in [-0.4, -0.2) is 25.9 Å². The van der Waals surface area contributed by atoms with Crippen LogP contribution in [0.15, 0.2) is 84.0 Å². The zero-order valence-electron chi connectivity index (χ0n) is 18.4. The first-order chi connectivity index (χ1) is 15.5. The minimum Gasteiger partial charge on any atom is -0.325 e. The molecule has 0 saturated heterocycles. The first-order valence-electron chi connectivity index (χ1n) is 10.6. The Morgan fingerprint density at radius 3 is 2.19 bits per heavy atom. The molecule has 1 amide bonds. The predicted molar refractivity (Wildman–Crippen MR) is 131 cm³/mol. The fourth-order valence-corrected chi connectivity index (χ4v) is 4.38. The zero-order chi connectivity index (χ0) is 22.5. The van der Waals surface area contributed by atoms with Crippen LogP contribution in [-0.2, 0) is 11.3 Å². The van der Waals surface area contributed by atoms with Crippen LogP contribution >= 0.6 is 11.8 Å². The Labute approximate surface area is 192 Å². The summed E-state index contributed by atoms with van der Waals surface area (Å²) in [6, 6.07) is 26.2. The molecule has 0 spiro atoms. The van der Waals surface area contributed by atoms with Gasteiger partial charge in [-0.05, 0) is 37.5 Å². The maximum atomic E-state index is 13.0. The van der Waals surface area contributed by atoms with E-state index < -0.39 is 0 Å². The fraction of sp³-hybridized carbons (Fsp3) is 0.192. The monoisotopic (exact) mass is 442 g/mol. The minimum atomic E-state index is -0.337. The highest BCUT2D eigenvalue weighted by Crippen LogP contribution is 2.29. The van der Waals surface area contributed by atoms with E-state index in [1.807, 2.05) is 87.5 Å². The molecule has 162 valence electrons. The Kier molecular flexibility index (Phi) is 6.71. The van der Waals surface area contributed by atoms with E-state index in [0.29, 0.717) is 6.54 Å². The number of nitrogens with one attached hydrogen (secondary N) is 1. The summed E-state index contributed by atoms with van der Waals surface area (Å²) in [5, 5.41) is 12.4. The standard InChI is InChI=1S/C26H26N4OS/c1-18-11-10-12-19(2)23(18)27-25(31)20(3)32-26-29-28-24(22-15-8-5-9-16-22)30(26)17-21-13-6-4-7-14-21/h4-16,20H,17H2,1-3H3,(H,27,31). The van der Waals surface area contributed by atoms with Gasteiger partial charge in [0.05, 0.1) is 11.8 Å². The molecule has 0 aliphatic rings. The second-order valence-corrected chi connectivity index (χ2v) is 9.07. The second-order valence-electron chi connectivity index (χ2n) is 7.76. The molecule has 0 bridgehead atoms. The molecular formula is C26H26N4OS. The third kappa shape index (κ3) is 4.92. The highest BCUT2D eigenvalue weighted by molar-refractivity contribution is 8.00. The molecule has 0 aliphatic heterocycles. The van der Waals surface area contributed by atoms with Gasteiger partial charge in [0.1, 0.15) is 0 Å². The molecule has 1 aromatic heterocycles. The lowest BCUT2D eigenvalue weighted by atomic mass is 10.1. The van der Waals surface area contributed by atoms with Gasteiger partial charge in [0.15, 0.2) is 11.0 Å². The maximum absolute atomic E-state index is 13.0. The number of carbonyl (C=O) groups excluding carboxylic acids is 1. The van der Waals surface area contributed by atoms with Gasteiger partial charge < -0.3 is 5.32 Å². The van der Waals surface area contributed by atoms with E-state index in [4.69, 9.17) is 0 Å². The lowest BCUT2D eigenvalue weighted by Crippen LogP contribution is -2.24. The van der Waals surface area contributed by atoms with Crippen molar-refractivity contribution in [1.82, 2.24) is 14.8 Å². The number of thioether (sulfide) groups is 1. The Balaban J connectivity index is 1.60. The number of amides is 1. The molecular weight excluding hydrogens is 416 g/mol. The maximum Gasteiger partial charge on any atom is 0.237 e. The summed E-state index contributed by atoms with van der Waals surface area (Å²) in [5.74, 6) is 0.738. The smallest absolute Gasteiger partial charge is 0.237 e. The summed E-state index contributed by atoms with van der Waals surface area (Å²) in [6.07, 6.45) is 0. The average molecular weight is 443 g/mol. The second kappa shape index (κ2) is 9.83. The molecule has 1 atom stereocenters. The molecule has 0 aliphatic carbocycles. The van der Waals surface area contributed by atoms with Crippen LogP contribution in [0.25, 0.3) is 11.4 Å². The van der Waals surface area contributed by atoms with Crippen LogP contribution in [0.3, 0.4) is 0 Å². The van der Waals surface area contributed by atoms with Crippen LogP contribution in [0.5, 0.6) is 0 Å². The Hall–Kier alpha value is -3.38. The van der Waals surface area contributed by atoms with Gasteiger partial charge in [-0.2, -0.15) is 0 Å². The van der Waals surface area contributed by atoms with Crippen molar-refractivity contribution in [2.75, 3.05) is 5.32 Å². The van der Waals surface area contributed by atoms with E-state index in [2.05, 4.69) is 32.2 Å². The van der Waals surface area contributed by atoms with Crippen LogP contribution in [0.1, 0.15) is 23.6 Å². The minimum absolute atomic E-state index is 0.0528. The highest BCUT2D eigenvalue weighted by Gasteiger charge is 2.22. The van der Waals surface area contributed by atoms with E-state index in [1.54, 1.807) is 0 Å². The fourth-order valence-electron chi connectivity index (χ4n) is 3.53. The van der Waals surface area contributed by atoms with Crippen molar-refractivity contribution in [3.05, 3.63) is 95.6 Å². The van der Waals surface area contributed by atoms with Crippen LogP contribution in [0, 0.1) is 13.8 Å². The Morgan fingerprint density at radius 1 is 0.906 bits per heavy atom. The summed E-state index contributed by atoms with van der Waals surface area (Å²) in [4.78, 5) is 13.0. The van der Waals surface area contributed by atoms with Gasteiger partial charge in [-0.3, -0.25) is 9.36 Å². The summed E-state index contributed by atoms with van der Waals surface area (Å²) >= 11 is 1.42. The first-order valence-corrected chi connectivity index (χ1v) is 11.5. The van der Waals surface area contributed by atoms with Gasteiger partial charge in [-0.25, -0.2) is 0 Å². The number of hydrogen-bond donors (Lipinski definition) is 1. The molecule has 6 heteroatoms. The number of anilines is 1. The van der Waals surface area contributed by atoms with Crippen molar-refractivity contribution in [2.24, 2.45) is 0 Å². The van der Waals surface area contributed by atoms with Crippen molar-refractivity contribution in [1.29, 1.82) is 0 Å². The lowest BCUT2D eigenvalue weighted by molar-refractivity contribution is -0.115. The van der Waals surface area contributed by atoms with Crippen LogP contribution in [0.2, 0.25) is 0 Å². The van der Waals surface area contributed by atoms with E-state index in [-0.39, 0.29) is 11.2 Å². The molecule has 32 heavy (non-hydrogen) atoms.